The maximum Gasteiger partial charge on any atom is 0.145 e. The lowest BCUT2D eigenvalue weighted by atomic mass is 10.1. The van der Waals surface area contributed by atoms with Crippen LogP contribution in [0.2, 0.25) is 0 Å². The summed E-state index contributed by atoms with van der Waals surface area (Å²) in [5.74, 6) is 7.19. The molecule has 1 atom stereocenters. The molecule has 4 N–H and O–H groups in total. The number of nitrogens with zero attached hydrogens (tertiary/aromatic N) is 2. The Morgan fingerprint density at radius 1 is 1.21 bits per heavy atom. The largest absolute Gasteiger partial charge is 0.367 e. The summed E-state index contributed by atoms with van der Waals surface area (Å²) in [5.41, 5.74) is 2.48. The van der Waals surface area contributed by atoms with Gasteiger partial charge in [-0.3, -0.25) is 0 Å². The van der Waals surface area contributed by atoms with Crippen molar-refractivity contribution in [3.63, 3.8) is 0 Å². The van der Waals surface area contributed by atoms with Gasteiger partial charge in [0.15, 0.2) is 0 Å². The molecule has 0 aliphatic rings. The number of nitrogens with one attached hydrogen (secondary N) is 2. The molecule has 1 rings (SSSR count). The average Bonchev–Trinajstić information content (AvgIpc) is 2.18. The van der Waals surface area contributed by atoms with E-state index >= 15 is 0 Å². The van der Waals surface area contributed by atoms with Crippen LogP contribution in [-0.2, 0) is 0 Å². The Bertz CT molecular complexity index is 286. The minimum absolute atomic E-state index is 0.371. The fourth-order valence-corrected chi connectivity index (χ4v) is 0.915. The third kappa shape index (κ3) is 2.85. The molecule has 1 aromatic heterocycles. The minimum Gasteiger partial charge on any atom is -0.367 e. The molecule has 0 aromatic carbocycles. The Balaban J connectivity index is 2.66. The average molecular weight is 195 g/mol. The second kappa shape index (κ2) is 4.76. The normalized spacial score (nSPS) is 12.6. The molecule has 1 aromatic rings. The molecule has 0 radical (unpaired) electrons. The lowest BCUT2D eigenvalue weighted by Gasteiger charge is -2.17. The van der Waals surface area contributed by atoms with E-state index in [2.05, 4.69) is 41.5 Å². The smallest absolute Gasteiger partial charge is 0.145 e. The standard InChI is InChI=1S/C9H17N5/c1-6(2)7(3)13-8-4-9(14-10)12-5-11-8/h4-7H,10H2,1-3H3,(H2,11,12,13,14). The fourth-order valence-electron chi connectivity index (χ4n) is 0.915. The van der Waals surface area contributed by atoms with E-state index in [1.54, 1.807) is 6.07 Å². The van der Waals surface area contributed by atoms with Crippen molar-refractivity contribution in [1.29, 1.82) is 0 Å². The number of hydrogen-bond acceptors (Lipinski definition) is 5. The summed E-state index contributed by atoms with van der Waals surface area (Å²) in [6.45, 7) is 6.42. The monoisotopic (exact) mass is 195 g/mol. The van der Waals surface area contributed by atoms with Gasteiger partial charge in [-0.15, -0.1) is 0 Å². The van der Waals surface area contributed by atoms with E-state index < -0.39 is 0 Å². The predicted octanol–water partition coefficient (Wildman–Crippen LogP) is 1.22. The SMILES string of the molecule is CC(C)C(C)Nc1cc(NN)ncn1. The van der Waals surface area contributed by atoms with Gasteiger partial charge in [0.05, 0.1) is 0 Å². The van der Waals surface area contributed by atoms with Crippen molar-refractivity contribution in [2.24, 2.45) is 11.8 Å². The van der Waals surface area contributed by atoms with Crippen LogP contribution in [-0.4, -0.2) is 16.0 Å². The van der Waals surface area contributed by atoms with E-state index in [-0.39, 0.29) is 0 Å². The van der Waals surface area contributed by atoms with Crippen LogP contribution >= 0.6 is 0 Å². The fraction of sp³-hybridized carbons (Fsp3) is 0.556. The molecule has 0 fully saturated rings. The first-order chi connectivity index (χ1) is 6.63. The maximum atomic E-state index is 5.24. The molecule has 1 heterocycles. The van der Waals surface area contributed by atoms with Crippen LogP contribution in [0.4, 0.5) is 11.6 Å². The molecular formula is C9H17N5. The second-order valence-electron chi connectivity index (χ2n) is 3.61. The zero-order valence-electron chi connectivity index (χ0n) is 8.78. The van der Waals surface area contributed by atoms with E-state index in [1.165, 1.54) is 6.33 Å². The Morgan fingerprint density at radius 3 is 2.43 bits per heavy atom. The van der Waals surface area contributed by atoms with Gasteiger partial charge in [-0.05, 0) is 12.8 Å². The molecule has 0 aliphatic carbocycles. The Hall–Kier alpha value is -1.36. The summed E-state index contributed by atoms with van der Waals surface area (Å²) >= 11 is 0. The highest BCUT2D eigenvalue weighted by atomic mass is 15.3. The maximum absolute atomic E-state index is 5.24. The number of rotatable bonds is 4. The van der Waals surface area contributed by atoms with Crippen molar-refractivity contribution in [3.05, 3.63) is 12.4 Å². The van der Waals surface area contributed by atoms with Crippen molar-refractivity contribution in [3.8, 4) is 0 Å². The van der Waals surface area contributed by atoms with Crippen LogP contribution in [0.5, 0.6) is 0 Å². The lowest BCUT2D eigenvalue weighted by Crippen LogP contribution is -2.22. The number of aromatic nitrogens is 2. The first-order valence-corrected chi connectivity index (χ1v) is 4.68. The molecule has 0 saturated carbocycles. The van der Waals surface area contributed by atoms with Gasteiger partial charge in [-0.2, -0.15) is 0 Å². The summed E-state index contributed by atoms with van der Waals surface area (Å²) in [5, 5.41) is 3.27. The van der Waals surface area contributed by atoms with E-state index in [1.807, 2.05) is 0 Å². The summed E-state index contributed by atoms with van der Waals surface area (Å²) in [6.07, 6.45) is 1.48. The van der Waals surface area contributed by atoms with E-state index in [4.69, 9.17) is 5.84 Å². The van der Waals surface area contributed by atoms with Gasteiger partial charge in [0.1, 0.15) is 18.0 Å². The quantitative estimate of drug-likeness (QED) is 0.497. The zero-order chi connectivity index (χ0) is 10.6. The van der Waals surface area contributed by atoms with Gasteiger partial charge in [-0.1, -0.05) is 13.8 Å². The van der Waals surface area contributed by atoms with Crippen molar-refractivity contribution in [2.75, 3.05) is 10.7 Å². The van der Waals surface area contributed by atoms with Gasteiger partial charge in [0.25, 0.3) is 0 Å². The van der Waals surface area contributed by atoms with Crippen molar-refractivity contribution < 1.29 is 0 Å². The predicted molar refractivity (Wildman–Crippen MR) is 57.8 cm³/mol. The second-order valence-corrected chi connectivity index (χ2v) is 3.61. The number of nitrogens with two attached hydrogens (primary N) is 1. The highest BCUT2D eigenvalue weighted by Crippen LogP contribution is 2.11. The zero-order valence-corrected chi connectivity index (χ0v) is 8.78. The lowest BCUT2D eigenvalue weighted by molar-refractivity contribution is 0.558. The Morgan fingerprint density at radius 2 is 1.86 bits per heavy atom. The van der Waals surface area contributed by atoms with Crippen LogP contribution in [0.15, 0.2) is 12.4 Å². The summed E-state index contributed by atoms with van der Waals surface area (Å²) < 4.78 is 0. The van der Waals surface area contributed by atoms with Crippen LogP contribution in [0, 0.1) is 5.92 Å². The molecule has 0 saturated heterocycles. The van der Waals surface area contributed by atoms with Crippen LogP contribution in [0.3, 0.4) is 0 Å². The molecule has 0 spiro atoms. The molecule has 0 amide bonds. The molecule has 5 nitrogen and oxygen atoms in total. The molecule has 78 valence electrons. The number of nitrogen functional groups attached to an aromatic ring is 1. The highest BCUT2D eigenvalue weighted by molar-refractivity contribution is 5.46. The molecule has 1 unspecified atom stereocenters. The summed E-state index contributed by atoms with van der Waals surface area (Å²) in [7, 11) is 0. The minimum atomic E-state index is 0.371. The van der Waals surface area contributed by atoms with Crippen LogP contribution in [0.25, 0.3) is 0 Å². The summed E-state index contributed by atoms with van der Waals surface area (Å²) in [4.78, 5) is 8.01. The van der Waals surface area contributed by atoms with Gasteiger partial charge in [-0.25, -0.2) is 15.8 Å². The number of anilines is 2. The van der Waals surface area contributed by atoms with Crippen molar-refractivity contribution in [2.45, 2.75) is 26.8 Å². The Kier molecular flexibility index (Phi) is 3.64. The third-order valence-electron chi connectivity index (χ3n) is 2.19. The van der Waals surface area contributed by atoms with Crippen LogP contribution in [0.1, 0.15) is 20.8 Å². The van der Waals surface area contributed by atoms with Crippen LogP contribution < -0.4 is 16.6 Å². The van der Waals surface area contributed by atoms with Crippen molar-refractivity contribution in [1.82, 2.24) is 9.97 Å². The van der Waals surface area contributed by atoms with Gasteiger partial charge in [0, 0.05) is 12.1 Å². The summed E-state index contributed by atoms with van der Waals surface area (Å²) in [6, 6.07) is 2.15. The van der Waals surface area contributed by atoms with Gasteiger partial charge >= 0.3 is 0 Å². The van der Waals surface area contributed by atoms with Crippen molar-refractivity contribution >= 4 is 11.6 Å². The highest BCUT2D eigenvalue weighted by Gasteiger charge is 2.07. The molecule has 0 aliphatic heterocycles. The number of hydrogen-bond donors (Lipinski definition) is 3. The molecular weight excluding hydrogens is 178 g/mol. The number of hydrazine groups is 1. The topological polar surface area (TPSA) is 75.9 Å². The van der Waals surface area contributed by atoms with E-state index in [9.17, 15) is 0 Å². The Labute approximate surface area is 84.1 Å². The van der Waals surface area contributed by atoms with Gasteiger partial charge in [0.2, 0.25) is 0 Å². The first kappa shape index (κ1) is 10.7. The van der Waals surface area contributed by atoms with Gasteiger partial charge < -0.3 is 10.7 Å². The van der Waals surface area contributed by atoms with E-state index in [0.29, 0.717) is 17.8 Å². The molecule has 5 heteroatoms. The molecule has 14 heavy (non-hydrogen) atoms. The molecule has 0 bridgehead atoms. The first-order valence-electron chi connectivity index (χ1n) is 4.68. The van der Waals surface area contributed by atoms with E-state index in [0.717, 1.165) is 5.82 Å². The third-order valence-corrected chi connectivity index (χ3v) is 2.19.